The number of nitrogens with one attached hydrogen (secondary N) is 1. The normalized spacial score (nSPS) is 24.7. The maximum absolute atomic E-state index is 11.1. The lowest BCUT2D eigenvalue weighted by atomic mass is 9.76. The van der Waals surface area contributed by atoms with Crippen molar-refractivity contribution in [3.63, 3.8) is 0 Å². The molecule has 0 fully saturated rings. The molecule has 1 aliphatic carbocycles. The molecule has 3 heteroatoms. The summed E-state index contributed by atoms with van der Waals surface area (Å²) >= 11 is 0. The summed E-state index contributed by atoms with van der Waals surface area (Å²) in [5.41, 5.74) is 5.35. The quantitative estimate of drug-likeness (QED) is 0.802. The second-order valence-electron chi connectivity index (χ2n) is 6.44. The zero-order valence-electron chi connectivity index (χ0n) is 13.0. The van der Waals surface area contributed by atoms with Gasteiger partial charge in [-0.25, -0.2) is 4.79 Å². The number of carboxylic acids is 1. The largest absolute Gasteiger partial charge is 0.478 e. The van der Waals surface area contributed by atoms with Crippen molar-refractivity contribution in [1.82, 2.24) is 0 Å². The summed E-state index contributed by atoms with van der Waals surface area (Å²) < 4.78 is 0. The van der Waals surface area contributed by atoms with Crippen LogP contribution in [0.3, 0.4) is 0 Å². The number of carbonyl (C=O) groups is 1. The first-order valence-corrected chi connectivity index (χ1v) is 8.01. The van der Waals surface area contributed by atoms with Crippen molar-refractivity contribution < 1.29 is 9.90 Å². The predicted octanol–water partition coefficient (Wildman–Crippen LogP) is 4.52. The molecule has 4 rings (SSSR count). The number of hydrogen-bond acceptors (Lipinski definition) is 2. The molecular formula is C20H19NO2. The van der Waals surface area contributed by atoms with E-state index in [9.17, 15) is 4.79 Å². The van der Waals surface area contributed by atoms with Crippen LogP contribution in [0.15, 0.2) is 54.6 Å². The van der Waals surface area contributed by atoms with Gasteiger partial charge < -0.3 is 10.4 Å². The fourth-order valence-electron chi connectivity index (χ4n) is 3.94. The van der Waals surface area contributed by atoms with E-state index in [0.717, 1.165) is 12.0 Å². The van der Waals surface area contributed by atoms with Gasteiger partial charge in [-0.15, -0.1) is 0 Å². The molecule has 2 aliphatic rings. The number of anilines is 1. The van der Waals surface area contributed by atoms with E-state index in [1.165, 1.54) is 16.8 Å². The minimum atomic E-state index is -0.880. The van der Waals surface area contributed by atoms with E-state index >= 15 is 0 Å². The Morgan fingerprint density at radius 3 is 2.70 bits per heavy atom. The molecule has 2 aromatic rings. The summed E-state index contributed by atoms with van der Waals surface area (Å²) in [4.78, 5) is 11.1. The van der Waals surface area contributed by atoms with Crippen molar-refractivity contribution >= 4 is 11.7 Å². The minimum Gasteiger partial charge on any atom is -0.478 e. The van der Waals surface area contributed by atoms with Crippen molar-refractivity contribution in [3.8, 4) is 0 Å². The van der Waals surface area contributed by atoms with Crippen LogP contribution in [0.2, 0.25) is 0 Å². The first-order chi connectivity index (χ1) is 11.1. The third-order valence-corrected chi connectivity index (χ3v) is 5.12. The Labute approximate surface area is 135 Å². The second-order valence-corrected chi connectivity index (χ2v) is 6.44. The summed E-state index contributed by atoms with van der Waals surface area (Å²) in [6.07, 6.45) is 5.64. The lowest BCUT2D eigenvalue weighted by molar-refractivity contribution is 0.0697. The molecule has 116 valence electrons. The van der Waals surface area contributed by atoms with E-state index in [0.29, 0.717) is 17.4 Å². The first-order valence-electron chi connectivity index (χ1n) is 8.01. The maximum atomic E-state index is 11.1. The van der Waals surface area contributed by atoms with Crippen LogP contribution in [-0.2, 0) is 0 Å². The van der Waals surface area contributed by atoms with E-state index in [2.05, 4.69) is 42.6 Å². The number of hydrogen-bond donors (Lipinski definition) is 2. The van der Waals surface area contributed by atoms with E-state index < -0.39 is 5.97 Å². The topological polar surface area (TPSA) is 49.3 Å². The summed E-state index contributed by atoms with van der Waals surface area (Å²) in [6.45, 7) is 2.13. The molecule has 0 spiro atoms. The standard InChI is InChI=1S/C20H19NO2/c1-12-4-2-6-16-15-5-3-7-17(15)19(21-18(12)16)13-8-10-14(11-9-13)20(22)23/h2-6,8-11,15,17,19,21H,7H2,1H3,(H,22,23)/t15-,17-,19-/m0/s1. The minimum absolute atomic E-state index is 0.214. The summed E-state index contributed by atoms with van der Waals surface area (Å²) in [7, 11) is 0. The molecule has 0 bridgehead atoms. The number of aryl methyl sites for hydroxylation is 1. The summed E-state index contributed by atoms with van der Waals surface area (Å²) in [5, 5.41) is 12.8. The van der Waals surface area contributed by atoms with Crippen molar-refractivity contribution in [1.29, 1.82) is 0 Å². The van der Waals surface area contributed by atoms with E-state index in [1.54, 1.807) is 12.1 Å². The van der Waals surface area contributed by atoms with Gasteiger partial charge in [0, 0.05) is 11.6 Å². The lowest BCUT2D eigenvalue weighted by Gasteiger charge is -2.38. The van der Waals surface area contributed by atoms with Crippen LogP contribution in [0.25, 0.3) is 0 Å². The molecule has 2 N–H and O–H groups in total. The Bertz CT molecular complexity index is 792. The number of allylic oxidation sites excluding steroid dienone is 2. The zero-order chi connectivity index (χ0) is 16.0. The molecule has 0 amide bonds. The Hall–Kier alpha value is -2.55. The van der Waals surface area contributed by atoms with Crippen LogP contribution in [0, 0.1) is 12.8 Å². The lowest BCUT2D eigenvalue weighted by Crippen LogP contribution is -2.29. The van der Waals surface area contributed by atoms with Crippen LogP contribution in [-0.4, -0.2) is 11.1 Å². The van der Waals surface area contributed by atoms with Gasteiger partial charge in [0.1, 0.15) is 0 Å². The number of para-hydroxylation sites is 1. The highest BCUT2D eigenvalue weighted by Crippen LogP contribution is 2.50. The van der Waals surface area contributed by atoms with E-state index in [4.69, 9.17) is 5.11 Å². The molecule has 2 aromatic carbocycles. The third kappa shape index (κ3) is 2.24. The highest BCUT2D eigenvalue weighted by molar-refractivity contribution is 5.87. The Morgan fingerprint density at radius 2 is 1.96 bits per heavy atom. The van der Waals surface area contributed by atoms with Gasteiger partial charge >= 0.3 is 5.97 Å². The highest BCUT2D eigenvalue weighted by Gasteiger charge is 2.38. The van der Waals surface area contributed by atoms with Gasteiger partial charge in [0.05, 0.1) is 11.6 Å². The average molecular weight is 305 g/mol. The average Bonchev–Trinajstić information content (AvgIpc) is 3.04. The number of carboxylic acid groups (broad SMARTS) is 1. The van der Waals surface area contributed by atoms with Crippen molar-refractivity contribution in [2.45, 2.75) is 25.3 Å². The van der Waals surface area contributed by atoms with Gasteiger partial charge in [0.25, 0.3) is 0 Å². The predicted molar refractivity (Wildman–Crippen MR) is 90.9 cm³/mol. The molecule has 0 radical (unpaired) electrons. The van der Waals surface area contributed by atoms with E-state index in [1.807, 2.05) is 12.1 Å². The molecular weight excluding hydrogens is 286 g/mol. The van der Waals surface area contributed by atoms with Crippen molar-refractivity contribution in [3.05, 3.63) is 76.9 Å². The summed E-state index contributed by atoms with van der Waals surface area (Å²) in [5.74, 6) is 0.0463. The van der Waals surface area contributed by atoms with Gasteiger partial charge in [-0.05, 0) is 48.1 Å². The number of aromatic carboxylic acids is 1. The van der Waals surface area contributed by atoms with Gasteiger partial charge in [-0.1, -0.05) is 42.5 Å². The third-order valence-electron chi connectivity index (χ3n) is 5.12. The maximum Gasteiger partial charge on any atom is 0.335 e. The van der Waals surface area contributed by atoms with Crippen LogP contribution in [0.1, 0.15) is 45.4 Å². The summed E-state index contributed by atoms with van der Waals surface area (Å²) in [6, 6.07) is 14.0. The SMILES string of the molecule is Cc1cccc2c1N[C@@H](c1ccc(C(=O)O)cc1)[C@H]1CC=C[C@@H]21. The molecule has 0 saturated heterocycles. The Balaban J connectivity index is 1.75. The van der Waals surface area contributed by atoms with Crippen LogP contribution in [0.4, 0.5) is 5.69 Å². The van der Waals surface area contributed by atoms with Crippen LogP contribution < -0.4 is 5.32 Å². The molecule has 1 heterocycles. The number of rotatable bonds is 2. The zero-order valence-corrected chi connectivity index (χ0v) is 13.0. The number of fused-ring (bicyclic) bond motifs is 3. The Kier molecular flexibility index (Phi) is 3.22. The highest BCUT2D eigenvalue weighted by atomic mass is 16.4. The van der Waals surface area contributed by atoms with Gasteiger partial charge in [-0.2, -0.15) is 0 Å². The van der Waals surface area contributed by atoms with Crippen molar-refractivity contribution in [2.75, 3.05) is 5.32 Å². The molecule has 1 aliphatic heterocycles. The van der Waals surface area contributed by atoms with E-state index in [-0.39, 0.29) is 6.04 Å². The van der Waals surface area contributed by atoms with Crippen LogP contribution >= 0.6 is 0 Å². The Morgan fingerprint density at radius 1 is 1.17 bits per heavy atom. The molecule has 0 unspecified atom stereocenters. The molecule has 0 aromatic heterocycles. The fourth-order valence-corrected chi connectivity index (χ4v) is 3.94. The molecule has 3 atom stereocenters. The van der Waals surface area contributed by atoms with Gasteiger partial charge in [0.15, 0.2) is 0 Å². The molecule has 23 heavy (non-hydrogen) atoms. The first kappa shape index (κ1) is 14.1. The van der Waals surface area contributed by atoms with Crippen LogP contribution in [0.5, 0.6) is 0 Å². The van der Waals surface area contributed by atoms with Crippen molar-refractivity contribution in [2.24, 2.45) is 5.92 Å². The monoisotopic (exact) mass is 305 g/mol. The smallest absolute Gasteiger partial charge is 0.335 e. The van der Waals surface area contributed by atoms with Gasteiger partial charge in [-0.3, -0.25) is 0 Å². The van der Waals surface area contributed by atoms with Gasteiger partial charge in [0.2, 0.25) is 0 Å². The number of benzene rings is 2. The molecule has 0 saturated carbocycles. The fraction of sp³-hybridized carbons (Fsp3) is 0.250. The molecule has 3 nitrogen and oxygen atoms in total. The second kappa shape index (κ2) is 5.27.